The molecule has 1 aliphatic carbocycles. The van der Waals surface area contributed by atoms with Gasteiger partial charge in [-0.25, -0.2) is 4.99 Å². The van der Waals surface area contributed by atoms with Gasteiger partial charge in [0.25, 0.3) is 0 Å². The molecule has 4 nitrogen and oxygen atoms in total. The number of carbonyl (C=O) groups is 1. The van der Waals surface area contributed by atoms with Gasteiger partial charge < -0.3 is 0 Å². The van der Waals surface area contributed by atoms with Crippen LogP contribution in [-0.4, -0.2) is 17.3 Å². The molecule has 0 radical (unpaired) electrons. The molecule has 0 spiro atoms. The van der Waals surface area contributed by atoms with Crippen LogP contribution in [0.25, 0.3) is 11.3 Å². The van der Waals surface area contributed by atoms with Crippen molar-refractivity contribution in [2.45, 2.75) is 0 Å². The minimum Gasteiger partial charge on any atom is -0.290 e. The van der Waals surface area contributed by atoms with E-state index in [4.69, 9.17) is 5.21 Å². The van der Waals surface area contributed by atoms with Crippen LogP contribution in [0.4, 0.5) is 0 Å². The predicted octanol–water partition coefficient (Wildman–Crippen LogP) is 2.76. The molecule has 0 fully saturated rings. The molecule has 2 aromatic rings. The zero-order valence-corrected chi connectivity index (χ0v) is 10.6. The lowest BCUT2D eigenvalue weighted by atomic mass is 10.0. The largest absolute Gasteiger partial charge is 0.290 e. The van der Waals surface area contributed by atoms with Gasteiger partial charge in [0.05, 0.1) is 11.3 Å². The number of allylic oxidation sites excluding steroid dienone is 1. The molecule has 0 aromatic heterocycles. The smallest absolute Gasteiger partial charge is 0.196 e. The quantitative estimate of drug-likeness (QED) is 0.509. The summed E-state index contributed by atoms with van der Waals surface area (Å²) in [5, 5.41) is 8.69. The molecule has 0 saturated heterocycles. The number of hydrogen-bond acceptors (Lipinski definition) is 3. The van der Waals surface area contributed by atoms with Crippen molar-refractivity contribution in [3.05, 3.63) is 71.3 Å². The first-order chi connectivity index (χ1) is 9.83. The third-order valence-electron chi connectivity index (χ3n) is 3.20. The molecule has 0 aliphatic heterocycles. The van der Waals surface area contributed by atoms with Crippen LogP contribution in [0.1, 0.15) is 21.5 Å². The van der Waals surface area contributed by atoms with Gasteiger partial charge in [0.1, 0.15) is 6.34 Å². The van der Waals surface area contributed by atoms with E-state index >= 15 is 0 Å². The van der Waals surface area contributed by atoms with Gasteiger partial charge in [0.15, 0.2) is 5.78 Å². The molecule has 0 saturated carbocycles. The van der Waals surface area contributed by atoms with Crippen LogP contribution in [0, 0.1) is 0 Å². The third kappa shape index (κ3) is 1.92. The van der Waals surface area contributed by atoms with E-state index < -0.39 is 0 Å². The summed E-state index contributed by atoms with van der Waals surface area (Å²) in [5.41, 5.74) is 5.23. The first-order valence-electron chi connectivity index (χ1n) is 6.19. The Morgan fingerprint density at radius 3 is 2.30 bits per heavy atom. The number of fused-ring (bicyclic) bond motifs is 1. The van der Waals surface area contributed by atoms with Crippen molar-refractivity contribution in [3.8, 4) is 0 Å². The van der Waals surface area contributed by atoms with Gasteiger partial charge in [-0.3, -0.25) is 15.5 Å². The Bertz CT molecular complexity index is 718. The Kier molecular flexibility index (Phi) is 3.15. The number of ketones is 1. The van der Waals surface area contributed by atoms with Crippen molar-refractivity contribution >= 4 is 23.4 Å². The minimum atomic E-state index is -0.0445. The van der Waals surface area contributed by atoms with Crippen LogP contribution in [0.3, 0.4) is 0 Å². The number of rotatable bonds is 3. The van der Waals surface area contributed by atoms with Gasteiger partial charge in [-0.2, -0.15) is 0 Å². The van der Waals surface area contributed by atoms with Crippen LogP contribution in [-0.2, 0) is 0 Å². The number of carbonyl (C=O) groups excluding carboxylic acids is 1. The highest BCUT2D eigenvalue weighted by Gasteiger charge is 2.29. The molecule has 3 rings (SSSR count). The Morgan fingerprint density at radius 2 is 1.60 bits per heavy atom. The number of nitrogens with zero attached hydrogens (tertiary/aromatic N) is 1. The summed E-state index contributed by atoms with van der Waals surface area (Å²) in [6.45, 7) is 0. The molecule has 4 heteroatoms. The summed E-state index contributed by atoms with van der Waals surface area (Å²) in [5.74, 6) is -0.0445. The van der Waals surface area contributed by atoms with Crippen LogP contribution >= 0.6 is 0 Å². The van der Waals surface area contributed by atoms with Gasteiger partial charge in [0.2, 0.25) is 0 Å². The van der Waals surface area contributed by atoms with Crippen molar-refractivity contribution in [3.63, 3.8) is 0 Å². The number of Topliss-reactive ketones (excluding diaryl/α,β-unsaturated/α-hetero) is 1. The second kappa shape index (κ2) is 5.11. The zero-order chi connectivity index (χ0) is 13.9. The van der Waals surface area contributed by atoms with Gasteiger partial charge in [0, 0.05) is 11.1 Å². The fourth-order valence-corrected chi connectivity index (χ4v) is 2.36. The topological polar surface area (TPSA) is 61.7 Å². The maximum atomic E-state index is 12.6. The van der Waals surface area contributed by atoms with Crippen LogP contribution in [0.2, 0.25) is 0 Å². The average Bonchev–Trinajstić information content (AvgIpc) is 2.79. The zero-order valence-electron chi connectivity index (χ0n) is 10.6. The Hall–Kier alpha value is -2.72. The molecule has 0 atom stereocenters. The predicted molar refractivity (Wildman–Crippen MR) is 77.4 cm³/mol. The first kappa shape index (κ1) is 12.3. The third-order valence-corrected chi connectivity index (χ3v) is 3.20. The van der Waals surface area contributed by atoms with Crippen LogP contribution < -0.4 is 5.48 Å². The number of benzene rings is 2. The first-order valence-corrected chi connectivity index (χ1v) is 6.19. The van der Waals surface area contributed by atoms with Crippen LogP contribution in [0.5, 0.6) is 0 Å². The lowest BCUT2D eigenvalue weighted by Gasteiger charge is -2.02. The summed E-state index contributed by atoms with van der Waals surface area (Å²) in [6, 6.07) is 16.7. The average molecular weight is 264 g/mol. The molecule has 0 bridgehead atoms. The Labute approximate surface area is 116 Å². The van der Waals surface area contributed by atoms with Crippen molar-refractivity contribution in [2.75, 3.05) is 0 Å². The van der Waals surface area contributed by atoms with E-state index in [0.29, 0.717) is 16.8 Å². The van der Waals surface area contributed by atoms with E-state index in [1.54, 1.807) is 6.07 Å². The van der Waals surface area contributed by atoms with Crippen molar-refractivity contribution in [2.24, 2.45) is 4.99 Å². The van der Waals surface area contributed by atoms with Crippen LogP contribution in [0.15, 0.2) is 59.6 Å². The standard InChI is InChI=1S/C16H12N2O2/c19-16-13-9-5-4-8-12(13)15(17-10-18-20)14(16)11-6-2-1-3-7-11/h1-10,20H,(H,17,18). The molecule has 2 aromatic carbocycles. The van der Waals surface area contributed by atoms with E-state index in [1.165, 1.54) is 0 Å². The second-order valence-corrected chi connectivity index (χ2v) is 4.35. The lowest BCUT2D eigenvalue weighted by Crippen LogP contribution is -2.02. The second-order valence-electron chi connectivity index (χ2n) is 4.35. The van der Waals surface area contributed by atoms with E-state index in [0.717, 1.165) is 17.5 Å². The monoisotopic (exact) mass is 264 g/mol. The van der Waals surface area contributed by atoms with E-state index in [2.05, 4.69) is 4.99 Å². The summed E-state index contributed by atoms with van der Waals surface area (Å²) in [7, 11) is 0. The number of hydroxylamine groups is 1. The molecular weight excluding hydrogens is 252 g/mol. The van der Waals surface area contributed by atoms with Crippen molar-refractivity contribution < 1.29 is 10.0 Å². The molecule has 1 aliphatic rings. The highest BCUT2D eigenvalue weighted by atomic mass is 16.5. The van der Waals surface area contributed by atoms with E-state index in [-0.39, 0.29) is 5.78 Å². The highest BCUT2D eigenvalue weighted by molar-refractivity contribution is 6.39. The molecule has 98 valence electrons. The summed E-state index contributed by atoms with van der Waals surface area (Å²) < 4.78 is 0. The fourth-order valence-electron chi connectivity index (χ4n) is 2.36. The molecule has 0 unspecified atom stereocenters. The molecular formula is C16H12N2O2. The van der Waals surface area contributed by atoms with Gasteiger partial charge in [-0.1, -0.05) is 54.6 Å². The minimum absolute atomic E-state index is 0.0445. The van der Waals surface area contributed by atoms with Gasteiger partial charge >= 0.3 is 0 Å². The molecule has 20 heavy (non-hydrogen) atoms. The summed E-state index contributed by atoms with van der Waals surface area (Å²) in [4.78, 5) is 16.7. The number of hydrogen-bond donors (Lipinski definition) is 2. The highest BCUT2D eigenvalue weighted by Crippen LogP contribution is 2.38. The fraction of sp³-hybridized carbons (Fsp3) is 0. The van der Waals surface area contributed by atoms with Crippen molar-refractivity contribution in [1.82, 2.24) is 5.48 Å². The number of nitrogens with one attached hydrogen (secondary N) is 1. The summed E-state index contributed by atoms with van der Waals surface area (Å²) >= 11 is 0. The van der Waals surface area contributed by atoms with Crippen molar-refractivity contribution in [1.29, 1.82) is 0 Å². The SMILES string of the molecule is O=C1C(c2ccccc2)=C(N=CNO)c2ccccc21. The van der Waals surface area contributed by atoms with E-state index in [9.17, 15) is 4.79 Å². The maximum absolute atomic E-state index is 12.6. The Morgan fingerprint density at radius 1 is 0.950 bits per heavy atom. The maximum Gasteiger partial charge on any atom is 0.196 e. The molecule has 2 N–H and O–H groups in total. The molecule has 0 heterocycles. The summed E-state index contributed by atoms with van der Waals surface area (Å²) in [6.07, 6.45) is 1.16. The lowest BCUT2D eigenvalue weighted by molar-refractivity contribution is 0.105. The normalized spacial score (nSPS) is 13.9. The van der Waals surface area contributed by atoms with Gasteiger partial charge in [-0.05, 0) is 5.56 Å². The number of aliphatic imine (C=N–C) groups is 1. The van der Waals surface area contributed by atoms with Gasteiger partial charge in [-0.15, -0.1) is 0 Å². The van der Waals surface area contributed by atoms with E-state index in [1.807, 2.05) is 54.0 Å². The Balaban J connectivity index is 2.23. The molecule has 0 amide bonds.